The van der Waals surface area contributed by atoms with Gasteiger partial charge in [0.15, 0.2) is 5.82 Å². The third kappa shape index (κ3) is 1.82. The largest absolute Gasteiger partial charge is 0.396 e. The first kappa shape index (κ1) is 10.8. The Morgan fingerprint density at radius 1 is 1.22 bits per heavy atom. The highest BCUT2D eigenvalue weighted by molar-refractivity contribution is 5.82. The molecule has 0 saturated carbocycles. The van der Waals surface area contributed by atoms with E-state index in [1.165, 1.54) is 0 Å². The quantitative estimate of drug-likeness (QED) is 0.701. The van der Waals surface area contributed by atoms with Gasteiger partial charge in [-0.05, 0) is 29.8 Å². The van der Waals surface area contributed by atoms with Gasteiger partial charge in [0.25, 0.3) is 0 Å². The van der Waals surface area contributed by atoms with E-state index in [0.29, 0.717) is 5.52 Å². The second kappa shape index (κ2) is 4.14. The molecule has 0 bridgehead atoms. The molecule has 1 aromatic carbocycles. The second-order valence-electron chi connectivity index (χ2n) is 4.24. The molecule has 2 aromatic heterocycles. The molecule has 0 aliphatic carbocycles. The topological polar surface area (TPSA) is 43.8 Å². The average molecular weight is 241 g/mol. The van der Waals surface area contributed by atoms with Gasteiger partial charge in [-0.15, -0.1) is 0 Å². The number of hydrogen-bond acceptors (Lipinski definition) is 2. The lowest BCUT2D eigenvalue weighted by atomic mass is 10.1. The fourth-order valence-corrected chi connectivity index (χ4v) is 2.00. The minimum atomic E-state index is -0.444. The number of nitrogens with zero attached hydrogens (tertiary/aromatic N) is 2. The smallest absolute Gasteiger partial charge is 0.172 e. The van der Waals surface area contributed by atoms with Crippen molar-refractivity contribution in [2.45, 2.75) is 6.54 Å². The summed E-state index contributed by atoms with van der Waals surface area (Å²) in [6.07, 6.45) is 5.65. The van der Waals surface area contributed by atoms with Crippen molar-refractivity contribution in [3.8, 4) is 0 Å². The zero-order valence-corrected chi connectivity index (χ0v) is 9.68. The molecule has 18 heavy (non-hydrogen) atoms. The van der Waals surface area contributed by atoms with Gasteiger partial charge in [-0.25, -0.2) is 4.39 Å². The van der Waals surface area contributed by atoms with Gasteiger partial charge < -0.3 is 10.3 Å². The van der Waals surface area contributed by atoms with Crippen LogP contribution in [0.3, 0.4) is 0 Å². The molecule has 0 saturated heterocycles. The summed E-state index contributed by atoms with van der Waals surface area (Å²) in [6, 6.07) is 9.23. The SMILES string of the molecule is Nc1ccc2cc(Cn3cccc3)cnc2c1F. The summed E-state index contributed by atoms with van der Waals surface area (Å²) in [4.78, 5) is 4.15. The standard InChI is InChI=1S/C14H12FN3/c15-13-12(16)4-3-11-7-10(8-17-14(11)13)9-18-5-1-2-6-18/h1-8H,9,16H2. The van der Waals surface area contributed by atoms with Crippen LogP contribution in [0.15, 0.2) is 48.9 Å². The van der Waals surface area contributed by atoms with Crippen molar-refractivity contribution < 1.29 is 4.39 Å². The fourth-order valence-electron chi connectivity index (χ4n) is 2.00. The number of anilines is 1. The summed E-state index contributed by atoms with van der Waals surface area (Å²) < 4.78 is 15.8. The number of pyridine rings is 1. The van der Waals surface area contributed by atoms with Crippen molar-refractivity contribution in [3.63, 3.8) is 0 Å². The van der Waals surface area contributed by atoms with Gasteiger partial charge in [-0.3, -0.25) is 4.98 Å². The summed E-state index contributed by atoms with van der Waals surface area (Å²) in [7, 11) is 0. The lowest BCUT2D eigenvalue weighted by Crippen LogP contribution is -1.98. The molecule has 2 N–H and O–H groups in total. The maximum Gasteiger partial charge on any atom is 0.172 e. The van der Waals surface area contributed by atoms with Crippen LogP contribution in [0.2, 0.25) is 0 Å². The summed E-state index contributed by atoms with van der Waals surface area (Å²) >= 11 is 0. The summed E-state index contributed by atoms with van der Waals surface area (Å²) in [6.45, 7) is 0.724. The fraction of sp³-hybridized carbons (Fsp3) is 0.0714. The van der Waals surface area contributed by atoms with E-state index in [9.17, 15) is 4.39 Å². The van der Waals surface area contributed by atoms with Crippen LogP contribution in [0.4, 0.5) is 10.1 Å². The first-order valence-electron chi connectivity index (χ1n) is 5.67. The van der Waals surface area contributed by atoms with Crippen molar-refractivity contribution >= 4 is 16.6 Å². The molecule has 0 aliphatic rings. The number of fused-ring (bicyclic) bond motifs is 1. The lowest BCUT2D eigenvalue weighted by Gasteiger charge is -2.06. The molecule has 3 nitrogen and oxygen atoms in total. The van der Waals surface area contributed by atoms with Gasteiger partial charge in [0.1, 0.15) is 5.52 Å². The van der Waals surface area contributed by atoms with Crippen LogP contribution < -0.4 is 5.73 Å². The molecule has 0 aliphatic heterocycles. The number of aromatic nitrogens is 2. The van der Waals surface area contributed by atoms with Gasteiger partial charge in [0.2, 0.25) is 0 Å². The Kier molecular flexibility index (Phi) is 2.48. The van der Waals surface area contributed by atoms with Gasteiger partial charge in [0, 0.05) is 30.5 Å². The molecule has 0 unspecified atom stereocenters. The van der Waals surface area contributed by atoms with Crippen molar-refractivity contribution in [1.82, 2.24) is 9.55 Å². The predicted molar refractivity (Wildman–Crippen MR) is 69.6 cm³/mol. The van der Waals surface area contributed by atoms with E-state index in [4.69, 9.17) is 5.73 Å². The van der Waals surface area contributed by atoms with Crippen molar-refractivity contribution in [2.75, 3.05) is 5.73 Å². The maximum absolute atomic E-state index is 13.7. The normalized spacial score (nSPS) is 10.9. The van der Waals surface area contributed by atoms with Gasteiger partial charge in [-0.2, -0.15) is 0 Å². The second-order valence-corrected chi connectivity index (χ2v) is 4.24. The minimum Gasteiger partial charge on any atom is -0.396 e. The maximum atomic E-state index is 13.7. The first-order chi connectivity index (χ1) is 8.74. The summed E-state index contributed by atoms with van der Waals surface area (Å²) in [5.74, 6) is -0.444. The van der Waals surface area contributed by atoms with Crippen LogP contribution in [0, 0.1) is 5.82 Å². The number of rotatable bonds is 2. The number of nitrogen functional groups attached to an aromatic ring is 1. The van der Waals surface area contributed by atoms with E-state index >= 15 is 0 Å². The average Bonchev–Trinajstić information content (AvgIpc) is 2.87. The molecule has 0 atom stereocenters. The van der Waals surface area contributed by atoms with Crippen molar-refractivity contribution in [1.29, 1.82) is 0 Å². The van der Waals surface area contributed by atoms with Crippen LogP contribution in [0.5, 0.6) is 0 Å². The molecule has 2 heterocycles. The minimum absolute atomic E-state index is 0.133. The number of hydrogen-bond donors (Lipinski definition) is 1. The van der Waals surface area contributed by atoms with E-state index in [-0.39, 0.29) is 5.69 Å². The molecular formula is C14H12FN3. The van der Waals surface area contributed by atoms with Gasteiger partial charge in [0.05, 0.1) is 5.69 Å². The van der Waals surface area contributed by atoms with Crippen LogP contribution in [0.25, 0.3) is 10.9 Å². The first-order valence-corrected chi connectivity index (χ1v) is 5.67. The monoisotopic (exact) mass is 241 g/mol. The number of nitrogens with two attached hydrogens (primary N) is 1. The molecule has 3 rings (SSSR count). The highest BCUT2D eigenvalue weighted by Crippen LogP contribution is 2.21. The Balaban J connectivity index is 2.04. The zero-order chi connectivity index (χ0) is 12.5. The Morgan fingerprint density at radius 2 is 2.00 bits per heavy atom. The Hall–Kier alpha value is -2.36. The van der Waals surface area contributed by atoms with Gasteiger partial charge >= 0.3 is 0 Å². The number of benzene rings is 1. The van der Waals surface area contributed by atoms with E-state index < -0.39 is 5.82 Å². The molecule has 4 heteroatoms. The highest BCUT2D eigenvalue weighted by atomic mass is 19.1. The zero-order valence-electron chi connectivity index (χ0n) is 9.68. The third-order valence-corrected chi connectivity index (χ3v) is 2.91. The van der Waals surface area contributed by atoms with E-state index in [0.717, 1.165) is 17.5 Å². The van der Waals surface area contributed by atoms with Crippen LogP contribution in [-0.4, -0.2) is 9.55 Å². The Labute approximate surface area is 104 Å². The Morgan fingerprint density at radius 3 is 2.78 bits per heavy atom. The van der Waals surface area contributed by atoms with Crippen LogP contribution >= 0.6 is 0 Å². The van der Waals surface area contributed by atoms with E-state index in [2.05, 4.69) is 4.98 Å². The molecule has 0 radical (unpaired) electrons. The molecule has 90 valence electrons. The number of halogens is 1. The third-order valence-electron chi connectivity index (χ3n) is 2.91. The summed E-state index contributed by atoms with van der Waals surface area (Å²) in [5, 5.41) is 0.770. The van der Waals surface area contributed by atoms with Crippen LogP contribution in [0.1, 0.15) is 5.56 Å². The predicted octanol–water partition coefficient (Wildman–Crippen LogP) is 2.81. The molecule has 3 aromatic rings. The van der Waals surface area contributed by atoms with Gasteiger partial charge in [-0.1, -0.05) is 6.07 Å². The lowest BCUT2D eigenvalue weighted by molar-refractivity contribution is 0.641. The van der Waals surface area contributed by atoms with E-state index in [1.807, 2.05) is 35.2 Å². The van der Waals surface area contributed by atoms with Crippen molar-refractivity contribution in [2.24, 2.45) is 0 Å². The van der Waals surface area contributed by atoms with Crippen molar-refractivity contribution in [3.05, 3.63) is 60.3 Å². The molecule has 0 amide bonds. The Bertz CT molecular complexity index is 690. The summed E-state index contributed by atoms with van der Waals surface area (Å²) in [5.41, 5.74) is 7.00. The molecule has 0 spiro atoms. The molecular weight excluding hydrogens is 229 g/mol. The molecule has 0 fully saturated rings. The van der Waals surface area contributed by atoms with E-state index in [1.54, 1.807) is 18.3 Å². The van der Waals surface area contributed by atoms with Crippen LogP contribution in [-0.2, 0) is 6.54 Å². The highest BCUT2D eigenvalue weighted by Gasteiger charge is 2.06.